The van der Waals surface area contributed by atoms with Gasteiger partial charge in [0, 0.05) is 4.88 Å². The van der Waals surface area contributed by atoms with Gasteiger partial charge in [0.2, 0.25) is 0 Å². The van der Waals surface area contributed by atoms with Crippen molar-refractivity contribution in [3.8, 4) is 5.75 Å². The molecule has 0 spiro atoms. The van der Waals surface area contributed by atoms with Gasteiger partial charge in [-0.3, -0.25) is 14.3 Å². The van der Waals surface area contributed by atoms with Gasteiger partial charge in [0.15, 0.2) is 0 Å². The Kier molecular flexibility index (Phi) is 4.57. The third-order valence-corrected chi connectivity index (χ3v) is 4.89. The zero-order valence-electron chi connectivity index (χ0n) is 14.0. The molecular weight excluding hydrogens is 324 g/mol. The quantitative estimate of drug-likeness (QED) is 0.773. The van der Waals surface area contributed by atoms with Crippen LogP contribution in [0.2, 0.25) is 0 Å². The van der Waals surface area contributed by atoms with E-state index in [0.29, 0.717) is 16.1 Å². The predicted octanol–water partition coefficient (Wildman–Crippen LogP) is 3.26. The summed E-state index contributed by atoms with van der Waals surface area (Å²) in [5.41, 5.74) is 0.582. The van der Waals surface area contributed by atoms with E-state index in [0.717, 1.165) is 10.6 Å². The van der Waals surface area contributed by atoms with Crippen LogP contribution in [0.4, 0.5) is 0 Å². The van der Waals surface area contributed by atoms with Gasteiger partial charge in [0.05, 0.1) is 11.9 Å². The number of hydrogen-bond donors (Lipinski definition) is 1. The summed E-state index contributed by atoms with van der Waals surface area (Å²) < 4.78 is 6.85. The number of nitrogens with one attached hydrogen (secondary N) is 1. The number of fused-ring (bicyclic) bond motifs is 1. The highest BCUT2D eigenvalue weighted by atomic mass is 32.1. The Morgan fingerprint density at radius 3 is 2.58 bits per heavy atom. The molecule has 24 heavy (non-hydrogen) atoms. The number of aromatic amines is 1. The first-order valence-electron chi connectivity index (χ1n) is 7.91. The van der Waals surface area contributed by atoms with Gasteiger partial charge in [-0.05, 0) is 36.6 Å². The Morgan fingerprint density at radius 2 is 1.92 bits per heavy atom. The molecule has 1 N–H and O–H groups in total. The number of aryl methyl sites for hydroxylation is 1. The van der Waals surface area contributed by atoms with Crippen LogP contribution in [0.25, 0.3) is 10.2 Å². The smallest absolute Gasteiger partial charge is 0.329 e. The maximum absolute atomic E-state index is 12.4. The zero-order valence-corrected chi connectivity index (χ0v) is 14.8. The van der Waals surface area contributed by atoms with Crippen LogP contribution >= 0.6 is 11.3 Å². The third-order valence-electron chi connectivity index (χ3n) is 3.93. The lowest BCUT2D eigenvalue weighted by Crippen LogP contribution is -2.36. The molecule has 2 aromatic heterocycles. The normalized spacial score (nSPS) is 11.3. The van der Waals surface area contributed by atoms with E-state index >= 15 is 0 Å². The van der Waals surface area contributed by atoms with Gasteiger partial charge in [0.25, 0.3) is 5.56 Å². The molecule has 0 atom stereocenters. The molecule has 0 aliphatic heterocycles. The minimum atomic E-state index is -0.395. The fourth-order valence-electron chi connectivity index (χ4n) is 2.57. The SMILES string of the molecule is Cc1cc2c(=O)n(CCOc3ccc(C(C)C)cc3)c(=O)[nH]c2s1. The van der Waals surface area contributed by atoms with Crippen LogP contribution in [-0.2, 0) is 6.54 Å². The second-order valence-electron chi connectivity index (χ2n) is 6.06. The van der Waals surface area contributed by atoms with E-state index in [4.69, 9.17) is 4.74 Å². The predicted molar refractivity (Wildman–Crippen MR) is 97.5 cm³/mol. The Labute approximate surface area is 143 Å². The van der Waals surface area contributed by atoms with Crippen molar-refractivity contribution in [1.29, 1.82) is 0 Å². The summed E-state index contributed by atoms with van der Waals surface area (Å²) in [6.07, 6.45) is 0. The molecule has 5 nitrogen and oxygen atoms in total. The number of hydrogen-bond acceptors (Lipinski definition) is 4. The third kappa shape index (κ3) is 3.28. The van der Waals surface area contributed by atoms with Gasteiger partial charge in [-0.2, -0.15) is 0 Å². The van der Waals surface area contributed by atoms with Crippen molar-refractivity contribution in [2.45, 2.75) is 33.2 Å². The lowest BCUT2D eigenvalue weighted by atomic mass is 10.0. The summed E-state index contributed by atoms with van der Waals surface area (Å²) in [7, 11) is 0. The Hall–Kier alpha value is -2.34. The number of ether oxygens (including phenoxy) is 1. The van der Waals surface area contributed by atoms with E-state index in [1.54, 1.807) is 6.07 Å². The molecule has 0 bridgehead atoms. The van der Waals surface area contributed by atoms with Crippen molar-refractivity contribution < 1.29 is 4.74 Å². The molecule has 6 heteroatoms. The maximum atomic E-state index is 12.4. The fourth-order valence-corrected chi connectivity index (χ4v) is 3.47. The first-order chi connectivity index (χ1) is 11.5. The van der Waals surface area contributed by atoms with E-state index in [1.165, 1.54) is 21.5 Å². The molecular formula is C18H20N2O3S. The van der Waals surface area contributed by atoms with Crippen LogP contribution in [0.15, 0.2) is 39.9 Å². The topological polar surface area (TPSA) is 64.1 Å². The van der Waals surface area contributed by atoms with Gasteiger partial charge in [-0.1, -0.05) is 26.0 Å². The Morgan fingerprint density at radius 1 is 1.21 bits per heavy atom. The fraction of sp³-hybridized carbons (Fsp3) is 0.333. The lowest BCUT2D eigenvalue weighted by Gasteiger charge is -2.09. The van der Waals surface area contributed by atoms with E-state index in [2.05, 4.69) is 18.8 Å². The van der Waals surface area contributed by atoms with E-state index in [-0.39, 0.29) is 18.7 Å². The summed E-state index contributed by atoms with van der Waals surface area (Å²) in [6, 6.07) is 9.68. The molecule has 0 amide bonds. The molecule has 0 saturated heterocycles. The number of aromatic nitrogens is 2. The molecule has 126 valence electrons. The Balaban J connectivity index is 1.74. The summed E-state index contributed by atoms with van der Waals surface area (Å²) >= 11 is 1.41. The minimum Gasteiger partial charge on any atom is -0.492 e. The van der Waals surface area contributed by atoms with Crippen LogP contribution < -0.4 is 16.0 Å². The first-order valence-corrected chi connectivity index (χ1v) is 8.73. The standard InChI is InChI=1S/C18H20N2O3S/c1-11(2)13-4-6-14(7-5-13)23-9-8-20-17(21)15-10-12(3)24-16(15)19-18(20)22/h4-7,10-11H,8-9H2,1-3H3,(H,19,22). The number of H-pyrrole nitrogens is 1. The molecule has 2 heterocycles. The first kappa shape index (κ1) is 16.5. The molecule has 0 fully saturated rings. The molecule has 0 saturated carbocycles. The number of nitrogens with zero attached hydrogens (tertiary/aromatic N) is 1. The summed E-state index contributed by atoms with van der Waals surface area (Å²) in [6.45, 7) is 6.66. The van der Waals surface area contributed by atoms with Gasteiger partial charge >= 0.3 is 5.69 Å². The van der Waals surface area contributed by atoms with Gasteiger partial charge in [0.1, 0.15) is 17.2 Å². The van der Waals surface area contributed by atoms with Crippen LogP contribution in [0.5, 0.6) is 5.75 Å². The highest BCUT2D eigenvalue weighted by Gasteiger charge is 2.10. The molecule has 0 unspecified atom stereocenters. The summed E-state index contributed by atoms with van der Waals surface area (Å²) in [5, 5.41) is 0.554. The molecule has 0 aliphatic rings. The minimum absolute atomic E-state index is 0.213. The van der Waals surface area contributed by atoms with Crippen molar-refractivity contribution in [2.24, 2.45) is 0 Å². The van der Waals surface area contributed by atoms with E-state index < -0.39 is 5.69 Å². The van der Waals surface area contributed by atoms with Crippen molar-refractivity contribution in [2.75, 3.05) is 6.61 Å². The second-order valence-corrected chi connectivity index (χ2v) is 7.32. The number of rotatable bonds is 5. The van der Waals surface area contributed by atoms with Crippen LogP contribution in [0, 0.1) is 6.92 Å². The number of benzene rings is 1. The Bertz CT molecular complexity index is 965. The van der Waals surface area contributed by atoms with Crippen LogP contribution in [-0.4, -0.2) is 16.2 Å². The number of thiophene rings is 1. The van der Waals surface area contributed by atoms with E-state index in [1.807, 2.05) is 31.2 Å². The lowest BCUT2D eigenvalue weighted by molar-refractivity contribution is 0.294. The highest BCUT2D eigenvalue weighted by Crippen LogP contribution is 2.19. The zero-order chi connectivity index (χ0) is 17.3. The van der Waals surface area contributed by atoms with Crippen molar-refractivity contribution in [3.05, 3.63) is 61.6 Å². The van der Waals surface area contributed by atoms with Crippen LogP contribution in [0.1, 0.15) is 30.2 Å². The van der Waals surface area contributed by atoms with E-state index in [9.17, 15) is 9.59 Å². The highest BCUT2D eigenvalue weighted by molar-refractivity contribution is 7.18. The average molecular weight is 344 g/mol. The summed E-state index contributed by atoms with van der Waals surface area (Å²) in [4.78, 5) is 28.9. The second kappa shape index (κ2) is 6.65. The largest absolute Gasteiger partial charge is 0.492 e. The summed E-state index contributed by atoms with van der Waals surface area (Å²) in [5.74, 6) is 1.20. The van der Waals surface area contributed by atoms with Crippen molar-refractivity contribution >= 4 is 21.6 Å². The molecule has 3 aromatic rings. The maximum Gasteiger partial charge on any atom is 0.329 e. The van der Waals surface area contributed by atoms with Gasteiger partial charge in [-0.15, -0.1) is 11.3 Å². The monoisotopic (exact) mass is 344 g/mol. The van der Waals surface area contributed by atoms with Crippen molar-refractivity contribution in [1.82, 2.24) is 9.55 Å². The van der Waals surface area contributed by atoms with Gasteiger partial charge in [-0.25, -0.2) is 4.79 Å². The molecule has 3 rings (SSSR count). The molecule has 1 aromatic carbocycles. The van der Waals surface area contributed by atoms with Crippen molar-refractivity contribution in [3.63, 3.8) is 0 Å². The van der Waals surface area contributed by atoms with Crippen LogP contribution in [0.3, 0.4) is 0 Å². The molecule has 0 aliphatic carbocycles. The molecule has 0 radical (unpaired) electrons. The van der Waals surface area contributed by atoms with Gasteiger partial charge < -0.3 is 4.74 Å². The average Bonchev–Trinajstić information content (AvgIpc) is 2.91.